The number of carboxylic acids is 2. The van der Waals surface area contributed by atoms with Crippen LogP contribution in [-0.4, -0.2) is 22.2 Å². The molecule has 9 heteroatoms. The van der Waals surface area contributed by atoms with Gasteiger partial charge in [-0.3, -0.25) is 0 Å². The van der Waals surface area contributed by atoms with Gasteiger partial charge in [-0.05, 0) is 30.3 Å². The Morgan fingerprint density at radius 1 is 0.826 bits per heavy atom. The molecule has 6 N–H and O–H groups in total. The lowest BCUT2D eigenvalue weighted by atomic mass is 10.2. The highest BCUT2D eigenvalue weighted by atomic mass is 35.5. The van der Waals surface area contributed by atoms with Gasteiger partial charge in [-0.25, -0.2) is 9.59 Å². The van der Waals surface area contributed by atoms with Crippen molar-refractivity contribution < 1.29 is 19.8 Å². The van der Waals surface area contributed by atoms with Crippen LogP contribution in [0.1, 0.15) is 20.7 Å². The number of rotatable bonds is 2. The van der Waals surface area contributed by atoms with Crippen LogP contribution in [0.25, 0.3) is 0 Å². The van der Waals surface area contributed by atoms with Crippen molar-refractivity contribution in [1.82, 2.24) is 0 Å². The van der Waals surface area contributed by atoms with E-state index in [2.05, 4.69) is 0 Å². The number of carbonyl (C=O) groups is 2. The minimum absolute atomic E-state index is 0.0357. The average Bonchev–Trinajstić information content (AvgIpc) is 2.42. The Bertz CT molecular complexity index is 766. The monoisotopic (exact) mass is 376 g/mol. The smallest absolute Gasteiger partial charge is 0.337 e. The number of nitrogen functional groups attached to an aromatic ring is 2. The molecule has 2 aromatic carbocycles. The lowest BCUT2D eigenvalue weighted by molar-refractivity contribution is 0.0687. The van der Waals surface area contributed by atoms with Gasteiger partial charge in [0.1, 0.15) is 0 Å². The lowest BCUT2D eigenvalue weighted by Crippen LogP contribution is -2.02. The zero-order chi connectivity index (χ0) is 17.7. The molecule has 122 valence electrons. The first-order valence-corrected chi connectivity index (χ1v) is 7.03. The van der Waals surface area contributed by atoms with Crippen molar-refractivity contribution in [2.24, 2.45) is 0 Å². The maximum Gasteiger partial charge on any atom is 0.337 e. The minimum atomic E-state index is -1.14. The summed E-state index contributed by atoms with van der Waals surface area (Å²) in [5.41, 5.74) is 11.0. The molecular formula is C14H11Cl3N2O4. The summed E-state index contributed by atoms with van der Waals surface area (Å²) in [6.07, 6.45) is 0. The predicted octanol–water partition coefficient (Wildman–Crippen LogP) is 3.89. The fourth-order valence-corrected chi connectivity index (χ4v) is 2.16. The van der Waals surface area contributed by atoms with E-state index < -0.39 is 11.9 Å². The van der Waals surface area contributed by atoms with E-state index in [9.17, 15) is 9.59 Å². The first-order chi connectivity index (χ1) is 10.6. The van der Waals surface area contributed by atoms with E-state index in [1.54, 1.807) is 0 Å². The molecule has 0 atom stereocenters. The van der Waals surface area contributed by atoms with Crippen LogP contribution in [0.15, 0.2) is 30.3 Å². The van der Waals surface area contributed by atoms with Gasteiger partial charge >= 0.3 is 11.9 Å². The number of aromatic carboxylic acids is 2. The molecule has 0 aliphatic rings. The first-order valence-electron chi connectivity index (χ1n) is 5.89. The molecule has 0 amide bonds. The first kappa shape index (κ1) is 18.9. The number of halogens is 3. The minimum Gasteiger partial charge on any atom is -0.478 e. The third kappa shape index (κ3) is 5.21. The predicted molar refractivity (Wildman–Crippen MR) is 90.7 cm³/mol. The normalized spacial score (nSPS) is 9.70. The Kier molecular flexibility index (Phi) is 6.50. The quantitative estimate of drug-likeness (QED) is 0.588. The molecule has 0 aliphatic carbocycles. The van der Waals surface area contributed by atoms with Gasteiger partial charge in [-0.2, -0.15) is 0 Å². The Labute approximate surface area is 146 Å². The molecule has 0 aliphatic heterocycles. The molecule has 0 radical (unpaired) electrons. The molecule has 0 unspecified atom stereocenters. The van der Waals surface area contributed by atoms with Gasteiger partial charge in [0, 0.05) is 15.7 Å². The van der Waals surface area contributed by atoms with Crippen molar-refractivity contribution in [2.45, 2.75) is 0 Å². The summed E-state index contributed by atoms with van der Waals surface area (Å²) in [6, 6.07) is 6.92. The Morgan fingerprint density at radius 3 is 1.87 bits per heavy atom. The van der Waals surface area contributed by atoms with Gasteiger partial charge in [-0.1, -0.05) is 34.8 Å². The molecule has 2 rings (SSSR count). The fourth-order valence-electron chi connectivity index (χ4n) is 1.49. The van der Waals surface area contributed by atoms with Crippen molar-refractivity contribution in [1.29, 1.82) is 0 Å². The van der Waals surface area contributed by atoms with Gasteiger partial charge in [0.2, 0.25) is 0 Å². The van der Waals surface area contributed by atoms with Gasteiger partial charge in [-0.15, -0.1) is 0 Å². The molecule has 0 saturated carbocycles. The second kappa shape index (κ2) is 7.92. The average molecular weight is 378 g/mol. The summed E-state index contributed by atoms with van der Waals surface area (Å²) >= 11 is 16.7. The molecule has 23 heavy (non-hydrogen) atoms. The molecule has 0 aromatic heterocycles. The molecule has 0 saturated heterocycles. The molecule has 0 fully saturated rings. The van der Waals surface area contributed by atoms with E-state index >= 15 is 0 Å². The van der Waals surface area contributed by atoms with Crippen molar-refractivity contribution >= 4 is 58.1 Å². The van der Waals surface area contributed by atoms with Gasteiger partial charge in [0.05, 0.1) is 21.8 Å². The largest absolute Gasteiger partial charge is 0.478 e. The third-order valence-corrected chi connectivity index (χ3v) is 3.33. The summed E-state index contributed by atoms with van der Waals surface area (Å²) in [7, 11) is 0. The Balaban J connectivity index is 0.000000231. The van der Waals surface area contributed by atoms with Crippen molar-refractivity contribution in [2.75, 3.05) is 11.5 Å². The van der Waals surface area contributed by atoms with E-state index in [1.165, 1.54) is 30.3 Å². The van der Waals surface area contributed by atoms with Crippen LogP contribution >= 0.6 is 34.8 Å². The fraction of sp³-hybridized carbons (Fsp3) is 0. The van der Waals surface area contributed by atoms with E-state index in [-0.39, 0.29) is 32.5 Å². The van der Waals surface area contributed by atoms with Crippen molar-refractivity contribution in [3.05, 3.63) is 56.5 Å². The summed E-state index contributed by atoms with van der Waals surface area (Å²) < 4.78 is 0. The van der Waals surface area contributed by atoms with Gasteiger partial charge in [0.15, 0.2) is 0 Å². The van der Waals surface area contributed by atoms with Crippen LogP contribution < -0.4 is 11.5 Å². The summed E-state index contributed by atoms with van der Waals surface area (Å²) in [5, 5.41) is 18.0. The maximum absolute atomic E-state index is 10.5. The zero-order valence-corrected chi connectivity index (χ0v) is 13.7. The van der Waals surface area contributed by atoms with E-state index in [4.69, 9.17) is 56.5 Å². The second-order valence-electron chi connectivity index (χ2n) is 4.19. The van der Waals surface area contributed by atoms with Crippen LogP contribution in [0.2, 0.25) is 15.1 Å². The highest BCUT2D eigenvalue weighted by molar-refractivity contribution is 6.37. The number of anilines is 2. The number of hydrogen-bond acceptors (Lipinski definition) is 4. The summed E-state index contributed by atoms with van der Waals surface area (Å²) in [5.74, 6) is -2.18. The molecule has 0 spiro atoms. The van der Waals surface area contributed by atoms with E-state index in [1.807, 2.05) is 0 Å². The number of nitrogens with two attached hydrogens (primary N) is 2. The van der Waals surface area contributed by atoms with Crippen LogP contribution in [0.3, 0.4) is 0 Å². The number of hydrogen-bond donors (Lipinski definition) is 4. The van der Waals surface area contributed by atoms with E-state index in [0.717, 1.165) is 0 Å². The zero-order valence-electron chi connectivity index (χ0n) is 11.4. The van der Waals surface area contributed by atoms with Crippen molar-refractivity contribution in [3.63, 3.8) is 0 Å². The Hall–Kier alpha value is -2.15. The van der Waals surface area contributed by atoms with Crippen molar-refractivity contribution in [3.8, 4) is 0 Å². The summed E-state index contributed by atoms with van der Waals surface area (Å²) in [4.78, 5) is 20.9. The molecule has 0 heterocycles. The van der Waals surface area contributed by atoms with Crippen LogP contribution in [-0.2, 0) is 0 Å². The number of benzene rings is 2. The Morgan fingerprint density at radius 2 is 1.39 bits per heavy atom. The van der Waals surface area contributed by atoms with E-state index in [0.29, 0.717) is 5.02 Å². The second-order valence-corrected chi connectivity index (χ2v) is 5.47. The van der Waals surface area contributed by atoms with Crippen LogP contribution in [0.4, 0.5) is 11.4 Å². The SMILES string of the molecule is Nc1c(Cl)cc(Cl)cc1C(=O)O.Nc1cc(Cl)ccc1C(=O)O. The molecular weight excluding hydrogens is 367 g/mol. The lowest BCUT2D eigenvalue weighted by Gasteiger charge is -2.02. The standard InChI is InChI=1S/C7H5Cl2NO2.C7H6ClNO2/c8-3-1-4(7(11)12)6(10)5(9)2-3;8-4-1-2-5(7(10)11)6(9)3-4/h1-2H,10H2,(H,11,12);1-3H,9H2,(H,10,11). The van der Waals surface area contributed by atoms with Gasteiger partial charge < -0.3 is 21.7 Å². The van der Waals surface area contributed by atoms with Crippen LogP contribution in [0.5, 0.6) is 0 Å². The number of carboxylic acid groups (broad SMARTS) is 2. The molecule has 2 aromatic rings. The third-order valence-electron chi connectivity index (χ3n) is 2.57. The molecule has 6 nitrogen and oxygen atoms in total. The molecule has 0 bridgehead atoms. The summed E-state index contributed by atoms with van der Waals surface area (Å²) in [6.45, 7) is 0. The maximum atomic E-state index is 10.5. The van der Waals surface area contributed by atoms with Gasteiger partial charge in [0.25, 0.3) is 0 Å². The topological polar surface area (TPSA) is 127 Å². The van der Waals surface area contributed by atoms with Crippen LogP contribution in [0, 0.1) is 0 Å². The highest BCUT2D eigenvalue weighted by Gasteiger charge is 2.11. The highest BCUT2D eigenvalue weighted by Crippen LogP contribution is 2.27.